The predicted octanol–water partition coefficient (Wildman–Crippen LogP) is -0.831. The Morgan fingerprint density at radius 3 is 2.63 bits per heavy atom. The van der Waals surface area contributed by atoms with Gasteiger partial charge in [0.2, 0.25) is 11.7 Å². The van der Waals surface area contributed by atoms with Crippen molar-refractivity contribution in [1.82, 2.24) is 4.98 Å². The Morgan fingerprint density at radius 1 is 1.26 bits per heavy atom. The maximum absolute atomic E-state index is 11.2. The number of primary amides is 1. The number of benzene rings is 1. The fourth-order valence-corrected chi connectivity index (χ4v) is 1.74. The second-order valence-electron chi connectivity index (χ2n) is 3.98. The summed E-state index contributed by atoms with van der Waals surface area (Å²) in [6.45, 7) is 1.31. The zero-order valence-electron chi connectivity index (χ0n) is 10.1. The lowest BCUT2D eigenvalue weighted by Crippen LogP contribution is -2.34. The van der Waals surface area contributed by atoms with Gasteiger partial charge in [-0.3, -0.25) is 14.4 Å². The molecule has 0 saturated carbocycles. The van der Waals surface area contributed by atoms with Crippen LogP contribution in [-0.4, -0.2) is 22.6 Å². The van der Waals surface area contributed by atoms with E-state index in [1.165, 1.54) is 13.0 Å². The molecule has 2 amide bonds. The van der Waals surface area contributed by atoms with E-state index in [-0.39, 0.29) is 5.91 Å². The van der Waals surface area contributed by atoms with Gasteiger partial charge in [0.15, 0.2) is 0 Å². The molecule has 96 valence electrons. The van der Waals surface area contributed by atoms with Crippen molar-refractivity contribution < 1.29 is 14.4 Å². The minimum absolute atomic E-state index is 0.333. The summed E-state index contributed by atoms with van der Waals surface area (Å²) in [6.07, 6.45) is 3.11. The molecule has 0 saturated heterocycles. The molecule has 3 N–H and O–H groups in total. The number of aromatic amines is 1. The number of nitrogens with two attached hydrogens (primary N) is 1. The lowest BCUT2D eigenvalue weighted by Gasteiger charge is -1.98. The zero-order chi connectivity index (χ0) is 14.0. The van der Waals surface area contributed by atoms with Gasteiger partial charge in [0, 0.05) is 35.3 Å². The van der Waals surface area contributed by atoms with E-state index in [0.29, 0.717) is 10.6 Å². The predicted molar refractivity (Wildman–Crippen MR) is 68.4 cm³/mol. The minimum atomic E-state index is -0.698. The lowest BCUT2D eigenvalue weighted by molar-refractivity contribution is -0.132. The zero-order valence-corrected chi connectivity index (χ0v) is 10.1. The minimum Gasteiger partial charge on any atom is -0.370 e. The first-order chi connectivity index (χ1) is 8.99. The van der Waals surface area contributed by atoms with Crippen LogP contribution >= 0.6 is 0 Å². The number of nitrogens with one attached hydrogen (secondary N) is 1. The number of hydrogen-bond acceptors (Lipinski definition) is 3. The van der Waals surface area contributed by atoms with Gasteiger partial charge in [0.1, 0.15) is 0 Å². The van der Waals surface area contributed by atoms with Gasteiger partial charge < -0.3 is 10.7 Å². The standard InChI is InChI=1S/C11H6N2O2.C2H5NO/c14-9-5-6-1-2-8-7(3-4-12-8)10(6)13-11(9)15;1-2(3)4/h1-5,12H;1H3,(H2,3,4). The third-order valence-electron chi connectivity index (χ3n) is 2.45. The molecule has 0 unspecified atom stereocenters. The molecule has 1 aliphatic heterocycles. The normalized spacial score (nSPS) is 12.9. The van der Waals surface area contributed by atoms with Crippen molar-refractivity contribution in [1.29, 1.82) is 0 Å². The van der Waals surface area contributed by atoms with Crippen LogP contribution in [0.4, 0.5) is 0 Å². The number of rotatable bonds is 0. The molecule has 0 bridgehead atoms. The van der Waals surface area contributed by atoms with Crippen LogP contribution in [0.2, 0.25) is 0 Å². The molecule has 3 rings (SSSR count). The van der Waals surface area contributed by atoms with Crippen molar-refractivity contribution in [3.63, 3.8) is 0 Å². The molecular formula is C13H11N3O3. The van der Waals surface area contributed by atoms with Crippen LogP contribution in [0.3, 0.4) is 0 Å². The Labute approximate surface area is 107 Å². The second kappa shape index (κ2) is 4.85. The lowest BCUT2D eigenvalue weighted by atomic mass is 10.1. The summed E-state index contributed by atoms with van der Waals surface area (Å²) in [6, 6.07) is 5.49. The summed E-state index contributed by atoms with van der Waals surface area (Å²) in [5.41, 5.74) is 5.38. The molecule has 0 radical (unpaired) electrons. The number of aromatic nitrogens is 1. The van der Waals surface area contributed by atoms with Crippen LogP contribution in [-0.2, 0) is 14.4 Å². The average molecular weight is 257 g/mol. The average Bonchev–Trinajstić information content (AvgIpc) is 2.78. The van der Waals surface area contributed by atoms with Gasteiger partial charge in [0.25, 0.3) is 0 Å². The van der Waals surface area contributed by atoms with E-state index in [9.17, 15) is 14.4 Å². The van der Waals surface area contributed by atoms with E-state index in [1.807, 2.05) is 12.1 Å². The first-order valence-corrected chi connectivity index (χ1v) is 5.50. The molecular weight excluding hydrogens is 246 g/mol. The summed E-state index contributed by atoms with van der Waals surface area (Å²) >= 11 is 0. The molecule has 2 heterocycles. The third-order valence-corrected chi connectivity index (χ3v) is 2.45. The molecule has 19 heavy (non-hydrogen) atoms. The van der Waals surface area contributed by atoms with Crippen molar-refractivity contribution in [2.75, 3.05) is 0 Å². The van der Waals surface area contributed by atoms with Gasteiger partial charge in [-0.25, -0.2) is 4.99 Å². The summed E-state index contributed by atoms with van der Waals surface area (Å²) in [7, 11) is 0. The molecule has 6 heteroatoms. The number of nitrogens with zero attached hydrogens (tertiary/aromatic N) is 1. The van der Waals surface area contributed by atoms with Crippen LogP contribution < -0.4 is 16.3 Å². The van der Waals surface area contributed by atoms with E-state index in [0.717, 1.165) is 10.9 Å². The molecule has 6 nitrogen and oxygen atoms in total. The van der Waals surface area contributed by atoms with Crippen molar-refractivity contribution in [2.45, 2.75) is 6.92 Å². The molecule has 1 aromatic carbocycles. The number of hydrogen-bond donors (Lipinski definition) is 2. The van der Waals surface area contributed by atoms with Crippen LogP contribution in [0.15, 0.2) is 29.4 Å². The van der Waals surface area contributed by atoms with E-state index in [1.54, 1.807) is 12.3 Å². The highest BCUT2D eigenvalue weighted by atomic mass is 16.2. The first kappa shape index (κ1) is 12.7. The number of amides is 2. The van der Waals surface area contributed by atoms with E-state index in [2.05, 4.69) is 15.7 Å². The van der Waals surface area contributed by atoms with Crippen molar-refractivity contribution in [3.05, 3.63) is 35.0 Å². The van der Waals surface area contributed by atoms with Crippen molar-refractivity contribution in [3.8, 4) is 0 Å². The Bertz CT molecular complexity index is 798. The maximum Gasteiger partial charge on any atom is 0.318 e. The molecule has 1 aromatic heterocycles. The topological polar surface area (TPSA) is 105 Å². The number of ketones is 1. The maximum atomic E-state index is 11.2. The molecule has 0 fully saturated rings. The smallest absolute Gasteiger partial charge is 0.318 e. The first-order valence-electron chi connectivity index (χ1n) is 5.50. The van der Waals surface area contributed by atoms with Gasteiger partial charge in [-0.05, 0) is 12.1 Å². The Kier molecular flexibility index (Phi) is 3.24. The number of carbonyl (C=O) groups excluding carboxylic acids is 3. The molecule has 2 aromatic rings. The molecule has 0 aliphatic carbocycles. The molecule has 0 spiro atoms. The van der Waals surface area contributed by atoms with Crippen LogP contribution in [0.5, 0.6) is 0 Å². The Balaban J connectivity index is 0.000000297. The number of carbonyl (C=O) groups is 3. The number of Topliss-reactive ketones (excluding diaryl/α,β-unsaturated/α-hetero) is 1. The van der Waals surface area contributed by atoms with Crippen LogP contribution in [0.1, 0.15) is 6.92 Å². The quantitative estimate of drug-likeness (QED) is 0.601. The monoisotopic (exact) mass is 257 g/mol. The highest BCUT2D eigenvalue weighted by Gasteiger charge is 2.14. The van der Waals surface area contributed by atoms with Crippen molar-refractivity contribution in [2.24, 2.45) is 10.7 Å². The third kappa shape index (κ3) is 2.57. The molecule has 1 aliphatic rings. The largest absolute Gasteiger partial charge is 0.370 e. The van der Waals surface area contributed by atoms with E-state index in [4.69, 9.17) is 0 Å². The van der Waals surface area contributed by atoms with E-state index >= 15 is 0 Å². The van der Waals surface area contributed by atoms with Gasteiger partial charge >= 0.3 is 5.91 Å². The SMILES string of the molecule is CC(N)=O.O=C1C=c2ccc3[nH]ccc3c2=NC1=O. The second-order valence-corrected chi connectivity index (χ2v) is 3.98. The van der Waals surface area contributed by atoms with Crippen molar-refractivity contribution >= 4 is 34.6 Å². The highest BCUT2D eigenvalue weighted by Crippen LogP contribution is 2.04. The highest BCUT2D eigenvalue weighted by molar-refractivity contribution is 6.48. The molecule has 0 atom stereocenters. The van der Waals surface area contributed by atoms with Gasteiger partial charge in [-0.15, -0.1) is 0 Å². The number of H-pyrrole nitrogens is 1. The van der Waals surface area contributed by atoms with Crippen LogP contribution in [0.25, 0.3) is 17.0 Å². The van der Waals surface area contributed by atoms with Gasteiger partial charge in [-0.1, -0.05) is 6.07 Å². The fourth-order valence-electron chi connectivity index (χ4n) is 1.74. The Morgan fingerprint density at radius 2 is 1.95 bits per heavy atom. The fraction of sp³-hybridized carbons (Fsp3) is 0.0769. The number of fused-ring (bicyclic) bond motifs is 3. The summed E-state index contributed by atoms with van der Waals surface area (Å²) in [5, 5.41) is 2.15. The summed E-state index contributed by atoms with van der Waals surface area (Å²) in [4.78, 5) is 38.3. The van der Waals surface area contributed by atoms with Crippen LogP contribution in [0, 0.1) is 0 Å². The van der Waals surface area contributed by atoms with Gasteiger partial charge in [-0.2, -0.15) is 0 Å². The van der Waals surface area contributed by atoms with E-state index < -0.39 is 11.7 Å². The summed E-state index contributed by atoms with van der Waals surface area (Å²) in [5.74, 6) is -1.59. The summed E-state index contributed by atoms with van der Waals surface area (Å²) < 4.78 is 0. The van der Waals surface area contributed by atoms with Gasteiger partial charge in [0.05, 0.1) is 5.36 Å². The Hall–Kier alpha value is -2.76.